The maximum Gasteiger partial charge on any atom is 0.292 e. The maximum atomic E-state index is 13.2. The molecule has 1 heterocycles. The molecule has 8 heteroatoms. The van der Waals surface area contributed by atoms with Crippen molar-refractivity contribution in [3.63, 3.8) is 0 Å². The first kappa shape index (κ1) is 30.0. The van der Waals surface area contributed by atoms with E-state index >= 15 is 0 Å². The molecule has 6 atom stereocenters. The van der Waals surface area contributed by atoms with Gasteiger partial charge in [-0.1, -0.05) is 29.8 Å². The highest BCUT2D eigenvalue weighted by atomic mass is 35.5. The summed E-state index contributed by atoms with van der Waals surface area (Å²) in [6, 6.07) is 11.7. The maximum absolute atomic E-state index is 13.2. The van der Waals surface area contributed by atoms with Crippen LogP contribution in [-0.4, -0.2) is 46.6 Å². The highest BCUT2D eigenvalue weighted by Crippen LogP contribution is 2.46. The van der Waals surface area contributed by atoms with Crippen LogP contribution in [0.15, 0.2) is 61.7 Å². The van der Waals surface area contributed by atoms with E-state index in [9.17, 15) is 14.5 Å². The summed E-state index contributed by atoms with van der Waals surface area (Å²) in [6.45, 7) is 11.4. The standard InChI is InChI=1S/C33H41ClN2O4S/c1-4-7-22(3)41(39)35-32(38)24-11-15-31-29(18-24)36(19-25-10-13-27(25)30(37)8-5-2)20-33(21-40-31)16-6-9-23-17-26(34)12-14-28(23)33/h4-5,11-12,14-15,17-18,22,25,27,30,37H,1-2,6-10,13,16,19-21H2,3H3,(H,35,38). The molecule has 220 valence electrons. The Morgan fingerprint density at radius 2 is 2.07 bits per heavy atom. The molecule has 0 aromatic heterocycles. The summed E-state index contributed by atoms with van der Waals surface area (Å²) in [7, 11) is 0. The van der Waals surface area contributed by atoms with Gasteiger partial charge >= 0.3 is 0 Å². The van der Waals surface area contributed by atoms with E-state index < -0.39 is 17.5 Å². The first-order valence-corrected chi connectivity index (χ1v) is 16.3. The number of carbonyl (C=O) groups excluding carboxylic acids is 1. The molecule has 6 unspecified atom stereocenters. The third kappa shape index (κ3) is 6.34. The fourth-order valence-corrected chi connectivity index (χ4v) is 7.79. The first-order chi connectivity index (χ1) is 19.7. The molecule has 6 nitrogen and oxygen atoms in total. The average Bonchev–Trinajstić information content (AvgIpc) is 3.08. The molecule has 0 saturated heterocycles. The molecule has 2 aliphatic carbocycles. The van der Waals surface area contributed by atoms with Crippen LogP contribution in [0.1, 0.15) is 66.9 Å². The van der Waals surface area contributed by atoms with E-state index in [1.165, 1.54) is 11.1 Å². The van der Waals surface area contributed by atoms with Crippen molar-refractivity contribution in [1.82, 2.24) is 4.72 Å². The fourth-order valence-electron chi connectivity index (χ4n) is 6.78. The van der Waals surface area contributed by atoms with E-state index in [4.69, 9.17) is 16.3 Å². The zero-order chi connectivity index (χ0) is 29.1. The fraction of sp³-hybridized carbons (Fsp3) is 0.485. The van der Waals surface area contributed by atoms with E-state index in [-0.39, 0.29) is 22.5 Å². The smallest absolute Gasteiger partial charge is 0.292 e. The van der Waals surface area contributed by atoms with E-state index in [1.54, 1.807) is 18.2 Å². The summed E-state index contributed by atoms with van der Waals surface area (Å²) in [5.41, 5.74) is 3.65. The largest absolute Gasteiger partial charge is 0.593 e. The number of hydrogen-bond donors (Lipinski definition) is 2. The molecule has 41 heavy (non-hydrogen) atoms. The number of aliphatic hydroxyl groups is 1. The van der Waals surface area contributed by atoms with Crippen LogP contribution >= 0.6 is 11.6 Å². The number of nitrogens with zero attached hydrogens (tertiary/aromatic N) is 1. The predicted molar refractivity (Wildman–Crippen MR) is 167 cm³/mol. The lowest BCUT2D eigenvalue weighted by molar-refractivity contribution is 0.0178. The lowest BCUT2D eigenvalue weighted by Gasteiger charge is -2.45. The lowest BCUT2D eigenvalue weighted by Crippen LogP contribution is -2.49. The van der Waals surface area contributed by atoms with E-state index in [0.29, 0.717) is 30.9 Å². The molecule has 1 saturated carbocycles. The van der Waals surface area contributed by atoms with Gasteiger partial charge in [0.25, 0.3) is 5.91 Å². The molecule has 0 bridgehead atoms. The second kappa shape index (κ2) is 12.8. The summed E-state index contributed by atoms with van der Waals surface area (Å²) in [6.07, 6.45) is 9.32. The van der Waals surface area contributed by atoms with Crippen molar-refractivity contribution in [2.45, 2.75) is 68.6 Å². The number of allylic oxidation sites excluding steroid dienone is 1. The van der Waals surface area contributed by atoms with Gasteiger partial charge in [-0.3, -0.25) is 4.79 Å². The number of benzene rings is 2. The number of fused-ring (bicyclic) bond motifs is 3. The molecule has 1 amide bonds. The van der Waals surface area contributed by atoms with Gasteiger partial charge in [-0.15, -0.1) is 13.2 Å². The van der Waals surface area contributed by atoms with Crippen LogP contribution in [0.3, 0.4) is 0 Å². The molecule has 5 rings (SSSR count). The third-order valence-corrected chi connectivity index (χ3v) is 10.7. The Hall–Kier alpha value is -2.45. The van der Waals surface area contributed by atoms with Gasteiger partial charge in [0.15, 0.2) is 0 Å². The number of aryl methyl sites for hydroxylation is 1. The Kier molecular flexibility index (Phi) is 9.39. The SMILES string of the molecule is C=CCC(O)C1CCC1CN1CC2(CCCc3cc(Cl)ccc32)COc2ccc(C(=O)N[S+]([O-])C(C)CC=C)cc21. The molecule has 2 aromatic rings. The van der Waals surface area contributed by atoms with Crippen LogP contribution in [0, 0.1) is 11.8 Å². The zero-order valence-electron chi connectivity index (χ0n) is 23.8. The summed E-state index contributed by atoms with van der Waals surface area (Å²) in [5.74, 6) is 0.907. The molecule has 1 aliphatic heterocycles. The monoisotopic (exact) mass is 596 g/mol. The van der Waals surface area contributed by atoms with Gasteiger partial charge in [0.05, 0.1) is 29.8 Å². The van der Waals surface area contributed by atoms with E-state index in [2.05, 4.69) is 34.9 Å². The zero-order valence-corrected chi connectivity index (χ0v) is 25.4. The van der Waals surface area contributed by atoms with Crippen molar-refractivity contribution in [3.05, 3.63) is 83.4 Å². The molecule has 2 N–H and O–H groups in total. The minimum Gasteiger partial charge on any atom is -0.593 e. The Morgan fingerprint density at radius 1 is 1.27 bits per heavy atom. The van der Waals surface area contributed by atoms with Gasteiger partial charge in [0.2, 0.25) is 0 Å². The minimum absolute atomic E-state index is 0.217. The Balaban J connectivity index is 1.48. The van der Waals surface area contributed by atoms with Crippen molar-refractivity contribution in [3.8, 4) is 5.75 Å². The molecule has 0 radical (unpaired) electrons. The highest BCUT2D eigenvalue weighted by molar-refractivity contribution is 7.90. The molecular formula is C33H41ClN2O4S. The number of halogens is 1. The van der Waals surface area contributed by atoms with Gasteiger partial charge in [0, 0.05) is 35.5 Å². The normalized spacial score (nSPS) is 25.4. The van der Waals surface area contributed by atoms with E-state index in [0.717, 1.165) is 61.7 Å². The van der Waals surface area contributed by atoms with Gasteiger partial charge < -0.3 is 19.3 Å². The van der Waals surface area contributed by atoms with Crippen molar-refractivity contribution in [1.29, 1.82) is 0 Å². The van der Waals surface area contributed by atoms with Gasteiger partial charge in [-0.25, -0.2) is 0 Å². The van der Waals surface area contributed by atoms with Crippen molar-refractivity contribution < 1.29 is 19.2 Å². The minimum atomic E-state index is -1.52. The van der Waals surface area contributed by atoms with Crippen molar-refractivity contribution >= 4 is 34.6 Å². The molecule has 2 aromatic carbocycles. The number of carbonyl (C=O) groups is 1. The Bertz CT molecular complexity index is 1290. The van der Waals surface area contributed by atoms with Crippen LogP contribution in [0.5, 0.6) is 5.75 Å². The number of ether oxygens (including phenoxy) is 1. The molecular weight excluding hydrogens is 556 g/mol. The molecule has 1 spiro atoms. The second-order valence-electron chi connectivity index (χ2n) is 11.9. The number of aliphatic hydroxyl groups excluding tert-OH is 1. The number of rotatable bonds is 10. The van der Waals surface area contributed by atoms with Gasteiger partial charge in [-0.2, -0.15) is 4.72 Å². The number of anilines is 1. The van der Waals surface area contributed by atoms with Crippen molar-refractivity contribution in [2.75, 3.05) is 24.6 Å². The average molecular weight is 597 g/mol. The van der Waals surface area contributed by atoms with Gasteiger partial charge in [0.1, 0.15) is 11.0 Å². The summed E-state index contributed by atoms with van der Waals surface area (Å²) in [4.78, 5) is 15.6. The molecule has 1 fully saturated rings. The second-order valence-corrected chi connectivity index (χ2v) is 14.0. The topological polar surface area (TPSA) is 84.9 Å². The third-order valence-electron chi connectivity index (χ3n) is 9.19. The Labute approximate surface area is 252 Å². The quantitative estimate of drug-likeness (QED) is 0.254. The lowest BCUT2D eigenvalue weighted by atomic mass is 9.68. The van der Waals surface area contributed by atoms with E-state index in [1.807, 2.05) is 25.1 Å². The summed E-state index contributed by atoms with van der Waals surface area (Å²) >= 11 is 4.87. The highest BCUT2D eigenvalue weighted by Gasteiger charge is 2.44. The summed E-state index contributed by atoms with van der Waals surface area (Å²) in [5, 5.41) is 11.3. The van der Waals surface area contributed by atoms with Crippen LogP contribution in [0.2, 0.25) is 5.02 Å². The Morgan fingerprint density at radius 3 is 2.80 bits per heavy atom. The summed E-state index contributed by atoms with van der Waals surface area (Å²) < 4.78 is 21.9. The first-order valence-electron chi connectivity index (χ1n) is 14.7. The van der Waals surface area contributed by atoms with Crippen molar-refractivity contribution in [2.24, 2.45) is 11.8 Å². The predicted octanol–water partition coefficient (Wildman–Crippen LogP) is 6.13. The number of amides is 1. The van der Waals surface area contributed by atoms with Crippen LogP contribution in [0.25, 0.3) is 0 Å². The van der Waals surface area contributed by atoms with Gasteiger partial charge in [-0.05, 0) is 98.7 Å². The van der Waals surface area contributed by atoms with Crippen LogP contribution in [-0.2, 0) is 23.2 Å². The number of nitrogens with one attached hydrogen (secondary N) is 1. The van der Waals surface area contributed by atoms with Crippen LogP contribution < -0.4 is 14.4 Å². The molecule has 3 aliphatic rings. The number of hydrogen-bond acceptors (Lipinski definition) is 5. The van der Waals surface area contributed by atoms with Crippen LogP contribution in [0.4, 0.5) is 5.69 Å².